The summed E-state index contributed by atoms with van der Waals surface area (Å²) in [5.74, 6) is 0.991. The molecule has 0 atom stereocenters. The standard InChI is InChI=1S/C26H34Cl2N4O2/c27-13-18-32(19-14-28)24-11-5-21(6-12-24)20-26(34)30-23-9-7-22(8-10-23)29-25(33)4-3-17-31-15-1-2-16-31/h5-12H,1-4,13-20H2,(H,29,33)(H,30,34). The zero-order valence-corrected chi connectivity index (χ0v) is 21.1. The highest BCUT2D eigenvalue weighted by Gasteiger charge is 2.12. The number of amides is 2. The fourth-order valence-electron chi connectivity index (χ4n) is 4.12. The van der Waals surface area contributed by atoms with Crippen molar-refractivity contribution in [2.75, 3.05) is 60.0 Å². The first-order valence-electron chi connectivity index (χ1n) is 12.0. The Morgan fingerprint density at radius 3 is 1.94 bits per heavy atom. The second-order valence-corrected chi connectivity index (χ2v) is 9.29. The number of benzene rings is 2. The minimum absolute atomic E-state index is 0.0232. The first-order valence-corrected chi connectivity index (χ1v) is 13.0. The number of anilines is 3. The highest BCUT2D eigenvalue weighted by molar-refractivity contribution is 6.18. The molecule has 0 aliphatic carbocycles. The average Bonchev–Trinajstić information content (AvgIpc) is 3.34. The third-order valence-electron chi connectivity index (χ3n) is 5.90. The third kappa shape index (κ3) is 8.82. The summed E-state index contributed by atoms with van der Waals surface area (Å²) in [4.78, 5) is 29.2. The molecular weight excluding hydrogens is 471 g/mol. The molecule has 1 aliphatic heterocycles. The van der Waals surface area contributed by atoms with Crippen LogP contribution in [0.25, 0.3) is 0 Å². The second-order valence-electron chi connectivity index (χ2n) is 8.53. The summed E-state index contributed by atoms with van der Waals surface area (Å²) in [7, 11) is 0. The van der Waals surface area contributed by atoms with Crippen molar-refractivity contribution in [2.24, 2.45) is 0 Å². The molecule has 8 heteroatoms. The van der Waals surface area contributed by atoms with E-state index in [1.54, 1.807) is 12.1 Å². The number of nitrogens with one attached hydrogen (secondary N) is 2. The number of hydrogen-bond donors (Lipinski definition) is 2. The van der Waals surface area contributed by atoms with Gasteiger partial charge in [-0.3, -0.25) is 9.59 Å². The van der Waals surface area contributed by atoms with Gasteiger partial charge in [0.25, 0.3) is 0 Å². The highest BCUT2D eigenvalue weighted by Crippen LogP contribution is 2.18. The Bertz CT molecular complexity index is 894. The number of nitrogens with zero attached hydrogens (tertiary/aromatic N) is 2. The van der Waals surface area contributed by atoms with Crippen molar-refractivity contribution in [1.82, 2.24) is 4.90 Å². The van der Waals surface area contributed by atoms with E-state index in [9.17, 15) is 9.59 Å². The fraction of sp³-hybridized carbons (Fsp3) is 0.462. The number of carbonyl (C=O) groups excluding carboxylic acids is 2. The molecule has 2 amide bonds. The van der Waals surface area contributed by atoms with Crippen molar-refractivity contribution in [3.63, 3.8) is 0 Å². The Kier molecular flexibility index (Phi) is 11.0. The summed E-state index contributed by atoms with van der Waals surface area (Å²) >= 11 is 11.8. The van der Waals surface area contributed by atoms with Crippen molar-refractivity contribution >= 4 is 52.1 Å². The van der Waals surface area contributed by atoms with Gasteiger partial charge >= 0.3 is 0 Å². The number of hydrogen-bond acceptors (Lipinski definition) is 4. The summed E-state index contributed by atoms with van der Waals surface area (Å²) in [6, 6.07) is 15.1. The average molecular weight is 505 g/mol. The largest absolute Gasteiger partial charge is 0.369 e. The van der Waals surface area contributed by atoms with Crippen LogP contribution in [0.2, 0.25) is 0 Å². The van der Waals surface area contributed by atoms with Crippen LogP contribution in [0.1, 0.15) is 31.2 Å². The first kappa shape index (κ1) is 26.3. The van der Waals surface area contributed by atoms with Gasteiger partial charge in [0.15, 0.2) is 0 Å². The van der Waals surface area contributed by atoms with E-state index in [2.05, 4.69) is 20.4 Å². The molecule has 184 valence electrons. The maximum Gasteiger partial charge on any atom is 0.228 e. The molecule has 0 radical (unpaired) electrons. The van der Waals surface area contributed by atoms with Gasteiger partial charge in [-0.2, -0.15) is 0 Å². The molecule has 1 aliphatic rings. The van der Waals surface area contributed by atoms with Crippen molar-refractivity contribution in [1.29, 1.82) is 0 Å². The highest BCUT2D eigenvalue weighted by atomic mass is 35.5. The van der Waals surface area contributed by atoms with Gasteiger partial charge in [-0.25, -0.2) is 0 Å². The lowest BCUT2D eigenvalue weighted by Crippen LogP contribution is -2.27. The molecule has 0 spiro atoms. The molecule has 2 aromatic rings. The molecule has 6 nitrogen and oxygen atoms in total. The van der Waals surface area contributed by atoms with Crippen LogP contribution in [0.5, 0.6) is 0 Å². The molecule has 2 aromatic carbocycles. The van der Waals surface area contributed by atoms with Gasteiger partial charge in [-0.15, -0.1) is 23.2 Å². The van der Waals surface area contributed by atoms with E-state index in [-0.39, 0.29) is 18.2 Å². The smallest absolute Gasteiger partial charge is 0.228 e. The first-order chi connectivity index (χ1) is 16.6. The van der Waals surface area contributed by atoms with E-state index < -0.39 is 0 Å². The van der Waals surface area contributed by atoms with Crippen LogP contribution in [-0.2, 0) is 16.0 Å². The molecule has 0 unspecified atom stereocenters. The van der Waals surface area contributed by atoms with Gasteiger partial charge in [-0.1, -0.05) is 12.1 Å². The number of carbonyl (C=O) groups is 2. The summed E-state index contributed by atoms with van der Waals surface area (Å²) in [6.07, 6.45) is 4.21. The number of halogens is 2. The van der Waals surface area contributed by atoms with Crippen molar-refractivity contribution in [3.8, 4) is 0 Å². The SMILES string of the molecule is O=C(CCCN1CCCC1)Nc1ccc(NC(=O)Cc2ccc(N(CCCl)CCCl)cc2)cc1. The zero-order chi connectivity index (χ0) is 24.2. The minimum Gasteiger partial charge on any atom is -0.369 e. The lowest BCUT2D eigenvalue weighted by molar-refractivity contribution is -0.116. The van der Waals surface area contributed by atoms with Crippen LogP contribution in [0.3, 0.4) is 0 Å². The number of rotatable bonds is 13. The Morgan fingerprint density at radius 2 is 1.38 bits per heavy atom. The van der Waals surface area contributed by atoms with Crippen LogP contribution in [-0.4, -0.2) is 61.2 Å². The van der Waals surface area contributed by atoms with Crippen LogP contribution in [0, 0.1) is 0 Å². The van der Waals surface area contributed by atoms with E-state index in [1.807, 2.05) is 36.4 Å². The van der Waals surface area contributed by atoms with Gasteiger partial charge in [0.1, 0.15) is 0 Å². The summed E-state index contributed by atoms with van der Waals surface area (Å²) in [5, 5.41) is 5.84. The van der Waals surface area contributed by atoms with Gasteiger partial charge in [0.2, 0.25) is 11.8 Å². The monoisotopic (exact) mass is 504 g/mol. The molecule has 1 saturated heterocycles. The molecule has 0 saturated carbocycles. The van der Waals surface area contributed by atoms with Crippen molar-refractivity contribution in [2.45, 2.75) is 32.1 Å². The molecule has 1 fully saturated rings. The Morgan fingerprint density at radius 1 is 0.824 bits per heavy atom. The van der Waals surface area contributed by atoms with Gasteiger partial charge < -0.3 is 20.4 Å². The van der Waals surface area contributed by atoms with E-state index in [4.69, 9.17) is 23.2 Å². The molecular formula is C26H34Cl2N4O2. The molecule has 2 N–H and O–H groups in total. The van der Waals surface area contributed by atoms with E-state index in [1.165, 1.54) is 12.8 Å². The number of alkyl halides is 2. The molecule has 0 aromatic heterocycles. The Hall–Kier alpha value is -2.28. The zero-order valence-electron chi connectivity index (χ0n) is 19.6. The summed E-state index contributed by atoms with van der Waals surface area (Å²) in [6.45, 7) is 4.75. The lowest BCUT2D eigenvalue weighted by atomic mass is 10.1. The normalized spacial score (nSPS) is 13.6. The second kappa shape index (κ2) is 14.2. The van der Waals surface area contributed by atoms with Gasteiger partial charge in [-0.05, 0) is 80.9 Å². The van der Waals surface area contributed by atoms with Crippen molar-refractivity contribution < 1.29 is 9.59 Å². The van der Waals surface area contributed by atoms with Gasteiger partial charge in [0, 0.05) is 48.3 Å². The quantitative estimate of drug-likeness (QED) is 0.378. The minimum atomic E-state index is -0.0928. The molecule has 3 rings (SSSR count). The third-order valence-corrected chi connectivity index (χ3v) is 6.24. The van der Waals surface area contributed by atoms with Crippen LogP contribution < -0.4 is 15.5 Å². The Labute approximate surface area is 212 Å². The topological polar surface area (TPSA) is 64.7 Å². The Balaban J connectivity index is 1.42. The number of likely N-dealkylation sites (tertiary alicyclic amines) is 1. The van der Waals surface area contributed by atoms with E-state index in [0.29, 0.717) is 23.9 Å². The van der Waals surface area contributed by atoms with Crippen LogP contribution >= 0.6 is 23.2 Å². The molecule has 0 bridgehead atoms. The van der Waals surface area contributed by atoms with E-state index in [0.717, 1.165) is 56.1 Å². The maximum absolute atomic E-state index is 12.5. The molecule has 1 heterocycles. The molecule has 34 heavy (non-hydrogen) atoms. The maximum atomic E-state index is 12.5. The van der Waals surface area contributed by atoms with Gasteiger partial charge in [0.05, 0.1) is 6.42 Å². The van der Waals surface area contributed by atoms with Crippen LogP contribution in [0.15, 0.2) is 48.5 Å². The summed E-state index contributed by atoms with van der Waals surface area (Å²) in [5.41, 5.74) is 3.40. The lowest BCUT2D eigenvalue weighted by Gasteiger charge is -2.23. The van der Waals surface area contributed by atoms with E-state index >= 15 is 0 Å². The fourth-order valence-corrected chi connectivity index (χ4v) is 4.53. The predicted octanol–water partition coefficient (Wildman–Crippen LogP) is 4.97. The van der Waals surface area contributed by atoms with Crippen molar-refractivity contribution in [3.05, 3.63) is 54.1 Å². The van der Waals surface area contributed by atoms with Crippen LogP contribution in [0.4, 0.5) is 17.1 Å². The predicted molar refractivity (Wildman–Crippen MR) is 142 cm³/mol. The summed E-state index contributed by atoms with van der Waals surface area (Å²) < 4.78 is 0.